The van der Waals surface area contributed by atoms with Gasteiger partial charge in [-0.3, -0.25) is 4.79 Å². The van der Waals surface area contributed by atoms with Crippen molar-refractivity contribution in [3.63, 3.8) is 0 Å². The third-order valence-electron chi connectivity index (χ3n) is 5.20. The molecule has 0 fully saturated rings. The first-order valence-corrected chi connectivity index (χ1v) is 11.1. The number of hydrogen-bond acceptors (Lipinski definition) is 7. The summed E-state index contributed by atoms with van der Waals surface area (Å²) in [5.74, 6) is 1.12. The van der Waals surface area contributed by atoms with E-state index in [-0.39, 0.29) is 12.1 Å². The lowest BCUT2D eigenvalue weighted by Gasteiger charge is -2.18. The Labute approximate surface area is 189 Å². The highest BCUT2D eigenvalue weighted by Crippen LogP contribution is 2.23. The molecule has 0 aliphatic heterocycles. The largest absolute Gasteiger partial charge is 0.355 e. The molecule has 0 radical (unpaired) electrons. The van der Waals surface area contributed by atoms with Crippen LogP contribution in [0.3, 0.4) is 0 Å². The molecule has 1 unspecified atom stereocenters. The van der Waals surface area contributed by atoms with E-state index in [0.717, 1.165) is 41.8 Å². The van der Waals surface area contributed by atoms with Crippen LogP contribution in [-0.2, 0) is 0 Å². The summed E-state index contributed by atoms with van der Waals surface area (Å²) in [5.41, 5.74) is 8.16. The average Bonchev–Trinajstić information content (AvgIpc) is 2.75. The molecule has 3 rings (SSSR count). The molecule has 32 heavy (non-hydrogen) atoms. The van der Waals surface area contributed by atoms with Crippen LogP contribution in [0.25, 0.3) is 10.8 Å². The lowest BCUT2D eigenvalue weighted by molar-refractivity contribution is 0.0949. The number of fused-ring (bicyclic) bond motifs is 1. The van der Waals surface area contributed by atoms with Gasteiger partial charge < -0.3 is 26.6 Å². The minimum Gasteiger partial charge on any atom is -0.355 e. The topological polar surface area (TPSA) is 108 Å². The Morgan fingerprint density at radius 2 is 1.78 bits per heavy atom. The third-order valence-corrected chi connectivity index (χ3v) is 5.20. The van der Waals surface area contributed by atoms with Crippen molar-refractivity contribution in [2.24, 2.45) is 5.73 Å². The summed E-state index contributed by atoms with van der Waals surface area (Å²) in [6.07, 6.45) is -0.207. The number of nitrogens with two attached hydrogens (primary N) is 1. The molecule has 1 amide bonds. The molecule has 3 aromatic rings. The molecule has 8 heteroatoms. The van der Waals surface area contributed by atoms with E-state index in [1.165, 1.54) is 0 Å². The Bertz CT molecular complexity index is 1060. The summed E-state index contributed by atoms with van der Waals surface area (Å²) in [6, 6.07) is 13.5. The molecule has 0 spiro atoms. The molecule has 170 valence electrons. The summed E-state index contributed by atoms with van der Waals surface area (Å²) in [4.78, 5) is 23.7. The summed E-state index contributed by atoms with van der Waals surface area (Å²) in [6.45, 7) is 11.5. The standard InChI is InChI=1S/C24H33N7O/c1-5-31(6-2)12-11-26-23(32)20-8-7-19-15-21(10-9-18(19)14-20)29-24-27-16(3)13-22(30-24)28-17(4)25/h7-10,13-15,17H,5-6,11-12,25H2,1-4H3,(H,26,32)(H2,27,28,29,30). The van der Waals surface area contributed by atoms with Crippen LogP contribution in [0.4, 0.5) is 17.5 Å². The van der Waals surface area contributed by atoms with Crippen molar-refractivity contribution in [1.29, 1.82) is 0 Å². The van der Waals surface area contributed by atoms with Gasteiger partial charge in [-0.1, -0.05) is 26.0 Å². The fraction of sp³-hybridized carbons (Fsp3) is 0.375. The summed E-state index contributed by atoms with van der Waals surface area (Å²) in [5, 5.41) is 11.4. The van der Waals surface area contributed by atoms with Crippen LogP contribution >= 0.6 is 0 Å². The molecule has 1 aromatic heterocycles. The van der Waals surface area contributed by atoms with E-state index in [1.807, 2.05) is 56.3 Å². The molecular formula is C24H33N7O. The van der Waals surface area contributed by atoms with Gasteiger partial charge in [0.1, 0.15) is 5.82 Å². The van der Waals surface area contributed by atoms with Gasteiger partial charge in [0.2, 0.25) is 5.95 Å². The van der Waals surface area contributed by atoms with Crippen molar-refractivity contribution in [2.45, 2.75) is 33.9 Å². The number of likely N-dealkylation sites (N-methyl/N-ethyl adjacent to an activating group) is 1. The summed E-state index contributed by atoms with van der Waals surface area (Å²) >= 11 is 0. The minimum absolute atomic E-state index is 0.0522. The van der Waals surface area contributed by atoms with Gasteiger partial charge in [0.25, 0.3) is 5.91 Å². The van der Waals surface area contributed by atoms with Crippen LogP contribution < -0.4 is 21.7 Å². The van der Waals surface area contributed by atoms with Gasteiger partial charge in [0.15, 0.2) is 0 Å². The Kier molecular flexibility index (Phi) is 7.97. The first-order valence-electron chi connectivity index (χ1n) is 11.1. The first kappa shape index (κ1) is 23.4. The van der Waals surface area contributed by atoms with Gasteiger partial charge in [0, 0.05) is 36.1 Å². The molecule has 0 aliphatic carbocycles. The Hall–Kier alpha value is -3.23. The highest BCUT2D eigenvalue weighted by molar-refractivity contribution is 5.99. The third kappa shape index (κ3) is 6.38. The molecule has 0 bridgehead atoms. The van der Waals surface area contributed by atoms with Crippen LogP contribution in [0.5, 0.6) is 0 Å². The quantitative estimate of drug-likeness (QED) is 0.361. The predicted octanol–water partition coefficient (Wildman–Crippen LogP) is 3.47. The van der Waals surface area contributed by atoms with Crippen LogP contribution in [0, 0.1) is 6.92 Å². The van der Waals surface area contributed by atoms with Crippen molar-refractivity contribution in [2.75, 3.05) is 36.8 Å². The summed E-state index contributed by atoms with van der Waals surface area (Å²) < 4.78 is 0. The molecule has 1 atom stereocenters. The number of nitrogens with one attached hydrogen (secondary N) is 3. The van der Waals surface area contributed by atoms with Crippen molar-refractivity contribution < 1.29 is 4.79 Å². The van der Waals surface area contributed by atoms with E-state index in [2.05, 4.69) is 44.7 Å². The zero-order valence-corrected chi connectivity index (χ0v) is 19.3. The monoisotopic (exact) mass is 435 g/mol. The van der Waals surface area contributed by atoms with Gasteiger partial charge in [0.05, 0.1) is 6.17 Å². The number of amides is 1. The van der Waals surface area contributed by atoms with Crippen molar-refractivity contribution >= 4 is 34.1 Å². The Morgan fingerprint density at radius 1 is 1.06 bits per heavy atom. The normalized spacial score (nSPS) is 12.1. The van der Waals surface area contributed by atoms with Crippen molar-refractivity contribution in [3.8, 4) is 0 Å². The van der Waals surface area contributed by atoms with Crippen molar-refractivity contribution in [3.05, 3.63) is 53.7 Å². The zero-order valence-electron chi connectivity index (χ0n) is 19.3. The van der Waals surface area contributed by atoms with E-state index in [9.17, 15) is 4.79 Å². The SMILES string of the molecule is CCN(CC)CCNC(=O)c1ccc2cc(Nc3nc(C)cc(NC(C)N)n3)ccc2c1. The van der Waals surface area contributed by atoms with Gasteiger partial charge in [-0.25, -0.2) is 4.98 Å². The molecule has 0 saturated heterocycles. The second kappa shape index (κ2) is 10.9. The van der Waals surface area contributed by atoms with E-state index in [0.29, 0.717) is 23.9 Å². The van der Waals surface area contributed by atoms with Gasteiger partial charge in [-0.2, -0.15) is 4.98 Å². The number of hydrogen-bond donors (Lipinski definition) is 4. The van der Waals surface area contributed by atoms with E-state index >= 15 is 0 Å². The highest BCUT2D eigenvalue weighted by atomic mass is 16.1. The maximum atomic E-state index is 12.5. The smallest absolute Gasteiger partial charge is 0.251 e. The lowest BCUT2D eigenvalue weighted by atomic mass is 10.1. The summed E-state index contributed by atoms with van der Waals surface area (Å²) in [7, 11) is 0. The number of nitrogens with zero attached hydrogens (tertiary/aromatic N) is 3. The van der Waals surface area contributed by atoms with E-state index < -0.39 is 0 Å². The maximum absolute atomic E-state index is 12.5. The number of carbonyl (C=O) groups is 1. The highest BCUT2D eigenvalue weighted by Gasteiger charge is 2.09. The molecule has 1 heterocycles. The molecule has 0 saturated carbocycles. The van der Waals surface area contributed by atoms with E-state index in [4.69, 9.17) is 5.73 Å². The number of aryl methyl sites for hydroxylation is 1. The molecule has 0 aliphatic rings. The number of carbonyl (C=O) groups excluding carboxylic acids is 1. The maximum Gasteiger partial charge on any atom is 0.251 e. The number of benzene rings is 2. The van der Waals surface area contributed by atoms with Crippen LogP contribution in [0.15, 0.2) is 42.5 Å². The molecular weight excluding hydrogens is 402 g/mol. The van der Waals surface area contributed by atoms with Crippen LogP contribution in [0.1, 0.15) is 36.8 Å². The van der Waals surface area contributed by atoms with E-state index in [1.54, 1.807) is 0 Å². The number of aromatic nitrogens is 2. The molecule has 8 nitrogen and oxygen atoms in total. The van der Waals surface area contributed by atoms with Gasteiger partial charge >= 0.3 is 0 Å². The van der Waals surface area contributed by atoms with Crippen LogP contribution in [0.2, 0.25) is 0 Å². The predicted molar refractivity (Wildman–Crippen MR) is 131 cm³/mol. The minimum atomic E-state index is -0.207. The Balaban J connectivity index is 1.70. The fourth-order valence-corrected chi connectivity index (χ4v) is 3.49. The van der Waals surface area contributed by atoms with Crippen LogP contribution in [-0.4, -0.2) is 53.1 Å². The number of rotatable bonds is 10. The van der Waals surface area contributed by atoms with Crippen molar-refractivity contribution in [1.82, 2.24) is 20.2 Å². The lowest BCUT2D eigenvalue weighted by Crippen LogP contribution is -2.34. The second-order valence-electron chi connectivity index (χ2n) is 7.84. The second-order valence-corrected chi connectivity index (χ2v) is 7.84. The average molecular weight is 436 g/mol. The molecule has 5 N–H and O–H groups in total. The first-order chi connectivity index (χ1) is 15.4. The zero-order chi connectivity index (χ0) is 23.1. The Morgan fingerprint density at radius 3 is 2.50 bits per heavy atom. The molecule has 2 aromatic carbocycles. The van der Waals surface area contributed by atoms with Gasteiger partial charge in [-0.05, 0) is 62.0 Å². The number of anilines is 3. The fourth-order valence-electron chi connectivity index (χ4n) is 3.49. The van der Waals surface area contributed by atoms with Gasteiger partial charge in [-0.15, -0.1) is 0 Å².